The number of ether oxygens (including phenoxy) is 1. The van der Waals surface area contributed by atoms with E-state index >= 15 is 0 Å². The maximum absolute atomic E-state index is 11.5. The minimum Gasteiger partial charge on any atom is -0.474 e. The van der Waals surface area contributed by atoms with Crippen LogP contribution in [0.15, 0.2) is 30.3 Å². The van der Waals surface area contributed by atoms with Crippen LogP contribution in [-0.4, -0.2) is 38.4 Å². The lowest BCUT2D eigenvalue weighted by atomic mass is 9.67. The van der Waals surface area contributed by atoms with Crippen LogP contribution in [0.5, 0.6) is 5.88 Å². The molecule has 3 heterocycles. The molecule has 2 bridgehead atoms. The summed E-state index contributed by atoms with van der Waals surface area (Å²) in [5.74, 6) is 2.52. The Morgan fingerprint density at radius 3 is 2.48 bits per heavy atom. The van der Waals surface area contributed by atoms with E-state index in [0.29, 0.717) is 30.7 Å². The summed E-state index contributed by atoms with van der Waals surface area (Å²) in [6.45, 7) is 0.455. The number of rotatable bonds is 4. The van der Waals surface area contributed by atoms with Crippen molar-refractivity contribution < 1.29 is 9.53 Å². The summed E-state index contributed by atoms with van der Waals surface area (Å²) in [6.07, 6.45) is 6.16. The molecule has 3 aromatic rings. The van der Waals surface area contributed by atoms with Crippen LogP contribution in [0.4, 0.5) is 0 Å². The Morgan fingerprint density at radius 2 is 1.76 bits per heavy atom. The molecule has 0 spiro atoms. The maximum Gasteiger partial charge on any atom is 0.235 e. The van der Waals surface area contributed by atoms with Crippen molar-refractivity contribution in [2.75, 3.05) is 6.61 Å². The predicted molar refractivity (Wildman–Crippen MR) is 107 cm³/mol. The van der Waals surface area contributed by atoms with Gasteiger partial charge in [-0.05, 0) is 43.9 Å². The second kappa shape index (κ2) is 6.54. The molecule has 29 heavy (non-hydrogen) atoms. The summed E-state index contributed by atoms with van der Waals surface area (Å²) in [7, 11) is 0. The smallest absolute Gasteiger partial charge is 0.235 e. The standard InChI is InChI=1S/C22H23N5O2/c28-17-11-10-16(23-17)12-29-22-19-14-8-6-13(7-9-14)18(19)21-25-24-20(27(21)26-22)15-4-2-1-3-5-15/h1-5,13-14,16H,6-12H2,(H,23,28). The first-order valence-electron chi connectivity index (χ1n) is 10.5. The molecule has 148 valence electrons. The van der Waals surface area contributed by atoms with Crippen LogP contribution in [0.25, 0.3) is 17.0 Å². The summed E-state index contributed by atoms with van der Waals surface area (Å²) in [6, 6.07) is 10.1. The van der Waals surface area contributed by atoms with Gasteiger partial charge in [0.2, 0.25) is 11.8 Å². The minimum atomic E-state index is 0.0610. The zero-order valence-electron chi connectivity index (χ0n) is 16.2. The molecule has 1 aromatic carbocycles. The van der Waals surface area contributed by atoms with Gasteiger partial charge in [0.25, 0.3) is 0 Å². The number of hydrogen-bond donors (Lipinski definition) is 1. The van der Waals surface area contributed by atoms with Crippen LogP contribution in [0.1, 0.15) is 61.5 Å². The van der Waals surface area contributed by atoms with Gasteiger partial charge in [0.05, 0.1) is 6.04 Å². The normalized spacial score (nSPS) is 25.2. The second-order valence-electron chi connectivity index (χ2n) is 8.42. The van der Waals surface area contributed by atoms with Crippen LogP contribution in [0.2, 0.25) is 0 Å². The highest BCUT2D eigenvalue weighted by atomic mass is 16.5. The van der Waals surface area contributed by atoms with Gasteiger partial charge in [-0.3, -0.25) is 4.79 Å². The van der Waals surface area contributed by atoms with E-state index in [4.69, 9.17) is 9.84 Å². The van der Waals surface area contributed by atoms with E-state index in [-0.39, 0.29) is 11.9 Å². The minimum absolute atomic E-state index is 0.0610. The number of carbonyl (C=O) groups is 1. The third-order valence-corrected chi connectivity index (χ3v) is 6.67. The van der Waals surface area contributed by atoms with Gasteiger partial charge in [-0.25, -0.2) is 0 Å². The molecular weight excluding hydrogens is 366 g/mol. The molecule has 1 saturated heterocycles. The van der Waals surface area contributed by atoms with Gasteiger partial charge < -0.3 is 10.1 Å². The zero-order valence-corrected chi connectivity index (χ0v) is 16.2. The monoisotopic (exact) mass is 389 g/mol. The molecule has 7 heteroatoms. The molecule has 1 unspecified atom stereocenters. The summed E-state index contributed by atoms with van der Waals surface area (Å²) in [5, 5.41) is 16.9. The molecule has 7 rings (SSSR count). The van der Waals surface area contributed by atoms with Crippen molar-refractivity contribution in [1.82, 2.24) is 25.1 Å². The summed E-state index contributed by atoms with van der Waals surface area (Å²) in [4.78, 5) is 11.5. The Bertz CT molecular complexity index is 1090. The van der Waals surface area contributed by atoms with E-state index in [1.54, 1.807) is 0 Å². The summed E-state index contributed by atoms with van der Waals surface area (Å²) >= 11 is 0. The Balaban J connectivity index is 1.47. The first kappa shape index (κ1) is 16.9. The topological polar surface area (TPSA) is 81.4 Å². The molecule has 1 aliphatic heterocycles. The fourth-order valence-corrected chi connectivity index (χ4v) is 5.25. The maximum atomic E-state index is 11.5. The first-order valence-corrected chi connectivity index (χ1v) is 10.5. The van der Waals surface area contributed by atoms with Crippen LogP contribution >= 0.6 is 0 Å². The quantitative estimate of drug-likeness (QED) is 0.741. The molecular formula is C22H23N5O2. The van der Waals surface area contributed by atoms with Gasteiger partial charge in [-0.2, -0.15) is 4.52 Å². The third-order valence-electron chi connectivity index (χ3n) is 6.67. The fourth-order valence-electron chi connectivity index (χ4n) is 5.25. The van der Waals surface area contributed by atoms with Crippen LogP contribution < -0.4 is 10.1 Å². The van der Waals surface area contributed by atoms with E-state index in [2.05, 4.69) is 15.5 Å². The highest BCUT2D eigenvalue weighted by molar-refractivity contribution is 5.78. The number of nitrogens with zero attached hydrogens (tertiary/aromatic N) is 4. The average molecular weight is 389 g/mol. The van der Waals surface area contributed by atoms with Crippen molar-refractivity contribution in [1.29, 1.82) is 0 Å². The zero-order chi connectivity index (χ0) is 19.4. The molecule has 1 atom stereocenters. The molecule has 2 aromatic heterocycles. The highest BCUT2D eigenvalue weighted by Crippen LogP contribution is 2.53. The number of hydrogen-bond acceptors (Lipinski definition) is 5. The van der Waals surface area contributed by atoms with Crippen molar-refractivity contribution in [2.24, 2.45) is 0 Å². The Kier molecular flexibility index (Phi) is 3.82. The first-order chi connectivity index (χ1) is 14.3. The number of nitrogens with one attached hydrogen (secondary N) is 1. The number of amides is 1. The Hall–Kier alpha value is -2.96. The van der Waals surface area contributed by atoms with Gasteiger partial charge in [0.15, 0.2) is 11.5 Å². The molecule has 3 aliphatic carbocycles. The summed E-state index contributed by atoms with van der Waals surface area (Å²) < 4.78 is 8.11. The molecule has 1 saturated carbocycles. The van der Waals surface area contributed by atoms with E-state index in [0.717, 1.165) is 23.5 Å². The lowest BCUT2D eigenvalue weighted by Gasteiger charge is -2.38. The highest BCUT2D eigenvalue weighted by Gasteiger charge is 2.39. The number of benzene rings is 1. The van der Waals surface area contributed by atoms with Gasteiger partial charge in [0, 0.05) is 23.1 Å². The molecule has 4 aliphatic rings. The predicted octanol–water partition coefficient (Wildman–Crippen LogP) is 3.20. The van der Waals surface area contributed by atoms with E-state index in [1.165, 1.54) is 36.8 Å². The largest absolute Gasteiger partial charge is 0.474 e. The molecule has 7 nitrogen and oxygen atoms in total. The number of fused-ring (bicyclic) bond motifs is 3. The Labute approximate surface area is 168 Å². The van der Waals surface area contributed by atoms with E-state index in [9.17, 15) is 4.79 Å². The van der Waals surface area contributed by atoms with Crippen molar-refractivity contribution in [3.63, 3.8) is 0 Å². The van der Waals surface area contributed by atoms with Gasteiger partial charge in [0.1, 0.15) is 6.61 Å². The molecule has 1 amide bonds. The van der Waals surface area contributed by atoms with Crippen LogP contribution in [0, 0.1) is 0 Å². The molecule has 0 radical (unpaired) electrons. The molecule has 2 fully saturated rings. The lowest BCUT2D eigenvalue weighted by molar-refractivity contribution is -0.119. The van der Waals surface area contributed by atoms with Crippen molar-refractivity contribution in [2.45, 2.75) is 56.4 Å². The van der Waals surface area contributed by atoms with E-state index < -0.39 is 0 Å². The van der Waals surface area contributed by atoms with Gasteiger partial charge in [-0.1, -0.05) is 30.3 Å². The Morgan fingerprint density at radius 1 is 1.00 bits per heavy atom. The van der Waals surface area contributed by atoms with E-state index in [1.807, 2.05) is 34.8 Å². The van der Waals surface area contributed by atoms with Crippen LogP contribution in [0.3, 0.4) is 0 Å². The third kappa shape index (κ3) is 2.71. The van der Waals surface area contributed by atoms with Crippen molar-refractivity contribution in [3.8, 4) is 17.3 Å². The second-order valence-corrected chi connectivity index (χ2v) is 8.42. The fraction of sp³-hybridized carbons (Fsp3) is 0.455. The van der Waals surface area contributed by atoms with Gasteiger partial charge in [-0.15, -0.1) is 15.3 Å². The SMILES string of the molecule is O=C1CCC(COc2nn3c(-c4ccccc4)nnc3c3c2C2CCC3CC2)N1. The number of aromatic nitrogens is 4. The van der Waals surface area contributed by atoms with Crippen molar-refractivity contribution in [3.05, 3.63) is 41.5 Å². The van der Waals surface area contributed by atoms with Crippen LogP contribution in [-0.2, 0) is 4.79 Å². The molecule has 1 N–H and O–H groups in total. The van der Waals surface area contributed by atoms with Crippen molar-refractivity contribution >= 4 is 11.6 Å². The summed E-state index contributed by atoms with van der Waals surface area (Å²) in [5.41, 5.74) is 4.37. The number of carbonyl (C=O) groups excluding carboxylic acids is 1. The van der Waals surface area contributed by atoms with Gasteiger partial charge >= 0.3 is 0 Å². The lowest BCUT2D eigenvalue weighted by Crippen LogP contribution is -2.32. The average Bonchev–Trinajstić information content (AvgIpc) is 3.39.